The summed E-state index contributed by atoms with van der Waals surface area (Å²) in [6, 6.07) is 4.06. The van der Waals surface area contributed by atoms with E-state index in [1.165, 1.54) is 0 Å². The third-order valence-electron chi connectivity index (χ3n) is 6.28. The van der Waals surface area contributed by atoms with Crippen LogP contribution in [0.2, 0.25) is 0 Å². The number of aromatic amines is 1. The average molecular weight is 391 g/mol. The molecule has 4 aromatic rings. The maximum absolute atomic E-state index is 12.7. The molecule has 1 unspecified atom stereocenters. The van der Waals surface area contributed by atoms with Gasteiger partial charge in [0.05, 0.1) is 24.1 Å². The Labute approximate surface area is 165 Å². The van der Waals surface area contributed by atoms with Gasteiger partial charge in [-0.3, -0.25) is 4.79 Å². The van der Waals surface area contributed by atoms with Gasteiger partial charge in [0.1, 0.15) is 11.2 Å². The van der Waals surface area contributed by atoms with E-state index in [1.807, 2.05) is 23.0 Å². The summed E-state index contributed by atoms with van der Waals surface area (Å²) in [5.41, 5.74) is 2.40. The topological polar surface area (TPSA) is 103 Å². The molecule has 9 nitrogen and oxygen atoms in total. The molecular weight excluding hydrogens is 370 g/mol. The van der Waals surface area contributed by atoms with Crippen LogP contribution in [0.1, 0.15) is 55.1 Å². The number of hydrogen-bond donors (Lipinski definition) is 1. The van der Waals surface area contributed by atoms with Crippen molar-refractivity contribution >= 4 is 16.7 Å². The van der Waals surface area contributed by atoms with Gasteiger partial charge >= 0.3 is 0 Å². The van der Waals surface area contributed by atoms with Crippen LogP contribution in [0.3, 0.4) is 0 Å². The van der Waals surface area contributed by atoms with Crippen LogP contribution in [-0.4, -0.2) is 47.6 Å². The maximum Gasteiger partial charge on any atom is 0.262 e. The standard InChI is InChI=1S/C20H21N7O2/c28-20-15-10-22-27(12-5-8-29-9-6-12)19(15)24-18(25-20)14-4-3-13(14)16-11-26-17(23-16)2-1-7-21-26/h1-2,7,10-14H,3-6,8-9H2,(H,24,25,28)/t13-,14?/m1/s1. The van der Waals surface area contributed by atoms with Gasteiger partial charge in [0, 0.05) is 31.2 Å². The predicted octanol–water partition coefficient (Wildman–Crippen LogP) is 2.17. The molecule has 1 saturated carbocycles. The van der Waals surface area contributed by atoms with Gasteiger partial charge in [-0.1, -0.05) is 0 Å². The largest absolute Gasteiger partial charge is 0.381 e. The molecule has 5 heterocycles. The number of nitrogens with one attached hydrogen (secondary N) is 1. The van der Waals surface area contributed by atoms with Gasteiger partial charge in [0.2, 0.25) is 0 Å². The van der Waals surface area contributed by atoms with Crippen LogP contribution in [0.5, 0.6) is 0 Å². The molecule has 0 spiro atoms. The van der Waals surface area contributed by atoms with Gasteiger partial charge in [-0.25, -0.2) is 19.2 Å². The summed E-state index contributed by atoms with van der Waals surface area (Å²) in [5, 5.41) is 9.34. The zero-order valence-electron chi connectivity index (χ0n) is 15.9. The molecule has 1 aliphatic heterocycles. The normalized spacial score (nSPS) is 22.9. The lowest BCUT2D eigenvalue weighted by Gasteiger charge is -2.34. The lowest BCUT2D eigenvalue weighted by atomic mass is 9.71. The summed E-state index contributed by atoms with van der Waals surface area (Å²) in [6.45, 7) is 1.43. The van der Waals surface area contributed by atoms with Gasteiger partial charge in [0.25, 0.3) is 5.56 Å². The van der Waals surface area contributed by atoms with Crippen LogP contribution in [0.4, 0.5) is 0 Å². The molecule has 148 valence electrons. The quantitative estimate of drug-likeness (QED) is 0.574. The Morgan fingerprint density at radius 1 is 1.07 bits per heavy atom. The molecule has 2 aliphatic rings. The summed E-state index contributed by atoms with van der Waals surface area (Å²) in [6.07, 6.45) is 9.14. The Hall–Kier alpha value is -3.07. The molecule has 0 amide bonds. The summed E-state index contributed by atoms with van der Waals surface area (Å²) < 4.78 is 9.18. The highest BCUT2D eigenvalue weighted by Crippen LogP contribution is 2.47. The van der Waals surface area contributed by atoms with E-state index in [-0.39, 0.29) is 23.4 Å². The molecule has 9 heteroatoms. The van der Waals surface area contributed by atoms with Crippen LogP contribution < -0.4 is 5.56 Å². The number of hydrogen-bond acceptors (Lipinski definition) is 6. The molecule has 0 radical (unpaired) electrons. The first kappa shape index (κ1) is 16.8. The van der Waals surface area contributed by atoms with Crippen molar-refractivity contribution in [1.29, 1.82) is 0 Å². The zero-order chi connectivity index (χ0) is 19.4. The Kier molecular flexibility index (Phi) is 3.77. The van der Waals surface area contributed by atoms with Crippen molar-refractivity contribution in [3.05, 3.63) is 52.6 Å². The van der Waals surface area contributed by atoms with Crippen molar-refractivity contribution in [2.75, 3.05) is 13.2 Å². The monoisotopic (exact) mass is 391 g/mol. The number of ether oxygens (including phenoxy) is 1. The molecule has 4 aromatic heterocycles. The third-order valence-corrected chi connectivity index (χ3v) is 6.28. The molecule has 29 heavy (non-hydrogen) atoms. The first-order valence-electron chi connectivity index (χ1n) is 10.1. The fourth-order valence-corrected chi connectivity index (χ4v) is 4.53. The van der Waals surface area contributed by atoms with Crippen molar-refractivity contribution in [2.45, 2.75) is 43.6 Å². The average Bonchev–Trinajstić information content (AvgIpc) is 3.32. The Bertz CT molecular complexity index is 1220. The lowest BCUT2D eigenvalue weighted by molar-refractivity contribution is 0.0673. The van der Waals surface area contributed by atoms with Crippen LogP contribution in [-0.2, 0) is 4.74 Å². The van der Waals surface area contributed by atoms with E-state index >= 15 is 0 Å². The molecule has 1 aliphatic carbocycles. The van der Waals surface area contributed by atoms with Crippen LogP contribution in [0.15, 0.2) is 35.5 Å². The molecule has 0 aromatic carbocycles. The minimum atomic E-state index is -0.120. The molecule has 2 atom stereocenters. The zero-order valence-corrected chi connectivity index (χ0v) is 15.9. The summed E-state index contributed by atoms with van der Waals surface area (Å²) in [7, 11) is 0. The highest BCUT2D eigenvalue weighted by Gasteiger charge is 2.37. The van der Waals surface area contributed by atoms with Gasteiger partial charge in [-0.15, -0.1) is 0 Å². The van der Waals surface area contributed by atoms with E-state index in [0.717, 1.165) is 42.8 Å². The van der Waals surface area contributed by atoms with Crippen molar-refractivity contribution in [1.82, 2.24) is 34.3 Å². The number of aromatic nitrogens is 7. The van der Waals surface area contributed by atoms with E-state index < -0.39 is 0 Å². The van der Waals surface area contributed by atoms with Crippen molar-refractivity contribution in [3.8, 4) is 0 Å². The number of rotatable bonds is 3. The van der Waals surface area contributed by atoms with E-state index in [9.17, 15) is 4.79 Å². The van der Waals surface area contributed by atoms with Gasteiger partial charge in [-0.05, 0) is 37.8 Å². The molecule has 2 fully saturated rings. The first-order chi connectivity index (χ1) is 14.3. The molecule has 0 bridgehead atoms. The summed E-state index contributed by atoms with van der Waals surface area (Å²) >= 11 is 0. The lowest BCUT2D eigenvalue weighted by Crippen LogP contribution is -2.27. The Morgan fingerprint density at radius 3 is 2.72 bits per heavy atom. The number of H-pyrrole nitrogens is 1. The van der Waals surface area contributed by atoms with Crippen molar-refractivity contribution < 1.29 is 4.74 Å². The molecular formula is C20H21N7O2. The maximum atomic E-state index is 12.7. The SMILES string of the molecule is O=c1[nH]c(C2CC[C@H]2c2cn3ncccc3n2)nc2c1cnn2C1CCOCC1. The first-order valence-corrected chi connectivity index (χ1v) is 10.1. The predicted molar refractivity (Wildman–Crippen MR) is 105 cm³/mol. The third kappa shape index (κ3) is 2.68. The Balaban J connectivity index is 1.38. The second-order valence-electron chi connectivity index (χ2n) is 7.90. The van der Waals surface area contributed by atoms with Crippen molar-refractivity contribution in [2.24, 2.45) is 0 Å². The smallest absolute Gasteiger partial charge is 0.262 e. The fourth-order valence-electron chi connectivity index (χ4n) is 4.53. The molecule has 1 saturated heterocycles. The van der Waals surface area contributed by atoms with Crippen LogP contribution >= 0.6 is 0 Å². The van der Waals surface area contributed by atoms with E-state index in [1.54, 1.807) is 16.9 Å². The fraction of sp³-hybridized carbons (Fsp3) is 0.450. The number of nitrogens with zero attached hydrogens (tertiary/aromatic N) is 6. The Morgan fingerprint density at radius 2 is 1.93 bits per heavy atom. The van der Waals surface area contributed by atoms with E-state index in [0.29, 0.717) is 24.2 Å². The number of imidazole rings is 1. The summed E-state index contributed by atoms with van der Waals surface area (Å²) in [5.74, 6) is 1.12. The van der Waals surface area contributed by atoms with Crippen LogP contribution in [0, 0.1) is 0 Å². The summed E-state index contributed by atoms with van der Waals surface area (Å²) in [4.78, 5) is 25.3. The molecule has 1 N–H and O–H groups in total. The van der Waals surface area contributed by atoms with Gasteiger partial charge in [-0.2, -0.15) is 10.2 Å². The van der Waals surface area contributed by atoms with E-state index in [4.69, 9.17) is 14.7 Å². The van der Waals surface area contributed by atoms with Crippen LogP contribution in [0.25, 0.3) is 16.7 Å². The van der Waals surface area contributed by atoms with Crippen molar-refractivity contribution in [3.63, 3.8) is 0 Å². The minimum absolute atomic E-state index is 0.120. The number of fused-ring (bicyclic) bond motifs is 2. The second kappa shape index (κ2) is 6.48. The van der Waals surface area contributed by atoms with Gasteiger partial charge < -0.3 is 9.72 Å². The second-order valence-corrected chi connectivity index (χ2v) is 7.90. The molecule has 6 rings (SSSR count). The minimum Gasteiger partial charge on any atom is -0.381 e. The highest BCUT2D eigenvalue weighted by atomic mass is 16.5. The van der Waals surface area contributed by atoms with Gasteiger partial charge in [0.15, 0.2) is 11.3 Å². The van der Waals surface area contributed by atoms with E-state index in [2.05, 4.69) is 15.2 Å². The highest BCUT2D eigenvalue weighted by molar-refractivity contribution is 5.73.